The van der Waals surface area contributed by atoms with Crippen molar-refractivity contribution in [3.05, 3.63) is 0 Å². The summed E-state index contributed by atoms with van der Waals surface area (Å²) in [5, 5.41) is 15.9. The number of hydrogen-bond acceptors (Lipinski definition) is 6. The van der Waals surface area contributed by atoms with Gasteiger partial charge in [-0.1, -0.05) is 53.4 Å². The Balaban J connectivity index is 0.663. The van der Waals surface area contributed by atoms with Crippen molar-refractivity contribution in [3.63, 3.8) is 0 Å². The Morgan fingerprint density at radius 2 is 0.662 bits per heavy atom. The van der Waals surface area contributed by atoms with Crippen LogP contribution in [0, 0.1) is 94.7 Å². The Bertz CT molecular complexity index is 1530. The number of fused-ring (bicyclic) bond motifs is 9. The molecule has 0 amide bonds. The van der Waals surface area contributed by atoms with Crippen molar-refractivity contribution in [2.45, 2.75) is 268 Å². The van der Waals surface area contributed by atoms with E-state index in [9.17, 15) is 0 Å². The second-order valence-electron chi connectivity index (χ2n) is 28.9. The first-order valence-electron chi connectivity index (χ1n) is 31.8. The van der Waals surface area contributed by atoms with E-state index in [4.69, 9.17) is 0 Å². The van der Waals surface area contributed by atoms with Crippen LogP contribution in [0.3, 0.4) is 0 Å². The van der Waals surface area contributed by atoms with Crippen LogP contribution in [0.5, 0.6) is 0 Å². The lowest BCUT2D eigenvalue weighted by molar-refractivity contribution is -0.0423. The Morgan fingerprint density at radius 1 is 0.309 bits per heavy atom. The summed E-state index contributed by atoms with van der Waals surface area (Å²) in [6.45, 7) is 16.1. The second-order valence-corrected chi connectivity index (χ2v) is 28.9. The molecule has 0 radical (unpaired) electrons. The normalized spacial score (nSPS) is 55.8. The Kier molecular flexibility index (Phi) is 14.1. The molecule has 0 aromatic rings. The zero-order chi connectivity index (χ0) is 45.6. The van der Waals surface area contributed by atoms with E-state index in [0.717, 1.165) is 155 Å². The molecule has 6 nitrogen and oxygen atoms in total. The molecule has 13 aliphatic rings. The van der Waals surface area contributed by atoms with Crippen molar-refractivity contribution in [2.24, 2.45) is 94.7 Å². The topological polar surface area (TPSA) is 54.6 Å². The summed E-state index contributed by atoms with van der Waals surface area (Å²) in [6.07, 6.45) is 42.3. The zero-order valence-corrected chi connectivity index (χ0v) is 44.5. The Hall–Kier alpha value is -0.240. The summed E-state index contributed by atoms with van der Waals surface area (Å²) < 4.78 is 0. The van der Waals surface area contributed by atoms with Crippen LogP contribution in [0.2, 0.25) is 0 Å². The van der Waals surface area contributed by atoms with Gasteiger partial charge in [-0.15, -0.1) is 0 Å². The molecule has 6 saturated heterocycles. The molecule has 18 atom stereocenters. The Labute approximate surface area is 418 Å². The van der Waals surface area contributed by atoms with Gasteiger partial charge < -0.3 is 21.3 Å². The van der Waals surface area contributed by atoms with E-state index in [1.54, 1.807) is 12.8 Å². The lowest BCUT2D eigenvalue weighted by atomic mass is 9.61. The molecule has 6 heteroatoms. The molecule has 7 saturated carbocycles. The number of piperidine rings is 4. The number of likely N-dealkylation sites (tertiary alicyclic amines) is 2. The summed E-state index contributed by atoms with van der Waals surface area (Å²) in [4.78, 5) is 6.88. The summed E-state index contributed by atoms with van der Waals surface area (Å²) >= 11 is 0. The van der Waals surface area contributed by atoms with Gasteiger partial charge in [0.05, 0.1) is 0 Å². The average Bonchev–Trinajstić information content (AvgIpc) is 3.88. The fraction of sp³-hybridized carbons (Fsp3) is 1.00. The first kappa shape index (κ1) is 47.5. The van der Waals surface area contributed by atoms with Gasteiger partial charge in [0, 0.05) is 73.5 Å². The maximum absolute atomic E-state index is 4.22. The fourth-order valence-electron chi connectivity index (χ4n) is 23.3. The van der Waals surface area contributed by atoms with Gasteiger partial charge in [-0.3, -0.25) is 9.80 Å². The van der Waals surface area contributed by atoms with Crippen LogP contribution in [0.15, 0.2) is 0 Å². The predicted molar refractivity (Wildman–Crippen MR) is 281 cm³/mol. The minimum atomic E-state index is 0.752. The number of hydrogen-bond donors (Lipinski definition) is 4. The van der Waals surface area contributed by atoms with E-state index >= 15 is 0 Å². The van der Waals surface area contributed by atoms with Crippen LogP contribution in [0.25, 0.3) is 0 Å². The molecule has 7 aliphatic carbocycles. The molecule has 6 aliphatic heterocycles. The van der Waals surface area contributed by atoms with Crippen LogP contribution in [-0.2, 0) is 0 Å². The Morgan fingerprint density at radius 3 is 1.07 bits per heavy atom. The number of nitrogens with zero attached hydrogens (tertiary/aromatic N) is 2. The van der Waals surface area contributed by atoms with E-state index in [1.807, 2.05) is 0 Å². The first-order valence-corrected chi connectivity index (χ1v) is 31.8. The van der Waals surface area contributed by atoms with Gasteiger partial charge in [0.1, 0.15) is 0 Å². The smallest absolute Gasteiger partial charge is 0.0223 e. The highest BCUT2D eigenvalue weighted by molar-refractivity contribution is 5.17. The van der Waals surface area contributed by atoms with Gasteiger partial charge in [0.15, 0.2) is 0 Å². The van der Waals surface area contributed by atoms with E-state index < -0.39 is 0 Å². The molecular weight excluding hydrogens is 829 g/mol. The average molecular weight is 936 g/mol. The lowest BCUT2D eigenvalue weighted by Crippen LogP contribution is -2.58. The van der Waals surface area contributed by atoms with Gasteiger partial charge >= 0.3 is 0 Å². The summed E-state index contributed by atoms with van der Waals surface area (Å²) in [5.41, 5.74) is 0. The van der Waals surface area contributed by atoms with Crippen LogP contribution < -0.4 is 21.3 Å². The quantitative estimate of drug-likeness (QED) is 0.213. The molecule has 68 heavy (non-hydrogen) atoms. The molecule has 0 aromatic heterocycles. The molecule has 4 N–H and O–H groups in total. The third-order valence-electron chi connectivity index (χ3n) is 25.8. The first-order chi connectivity index (χ1) is 33.4. The highest BCUT2D eigenvalue weighted by Gasteiger charge is 2.65. The summed E-state index contributed by atoms with van der Waals surface area (Å²) in [5.74, 6) is 15.2. The minimum absolute atomic E-state index is 0.752. The van der Waals surface area contributed by atoms with Gasteiger partial charge in [-0.25, -0.2) is 0 Å². The maximum atomic E-state index is 4.22. The standard InChI is InChI=1S/C62H106N6/c1-37-31-47(41-13-17-43(18-14-41)51-23-21-45-27-29-63-35-53(45)65-51)32-38(2)61(37)67-55-11-7-5-9-49(55)59-57(67)25-26-58-60(59)50-10-6-8-12-56(50)68(58)62-39(3)33-48(34-40(62)4)42-15-19-44(20-16-42)52-24-22-46-28-30-64-36-54(46)66-52/h37-66H,5-36H2,1-4H3. The maximum Gasteiger partial charge on any atom is 0.0223 e. The monoisotopic (exact) mass is 935 g/mol. The fourth-order valence-corrected chi connectivity index (χ4v) is 23.3. The van der Waals surface area contributed by atoms with Crippen LogP contribution in [0.4, 0.5) is 0 Å². The van der Waals surface area contributed by atoms with Crippen molar-refractivity contribution >= 4 is 0 Å². The van der Waals surface area contributed by atoms with E-state index in [0.29, 0.717) is 0 Å². The highest BCUT2D eigenvalue weighted by atomic mass is 15.3. The largest absolute Gasteiger partial charge is 0.315 e. The van der Waals surface area contributed by atoms with Crippen molar-refractivity contribution in [2.75, 3.05) is 26.2 Å². The molecule has 6 heterocycles. The van der Waals surface area contributed by atoms with Crippen molar-refractivity contribution in [1.29, 1.82) is 0 Å². The molecule has 0 aromatic carbocycles. The van der Waals surface area contributed by atoms with Crippen molar-refractivity contribution < 1.29 is 0 Å². The van der Waals surface area contributed by atoms with E-state index in [2.05, 4.69) is 58.8 Å². The number of nitrogens with one attached hydrogen (secondary N) is 4. The summed E-state index contributed by atoms with van der Waals surface area (Å²) in [7, 11) is 0. The van der Waals surface area contributed by atoms with Crippen molar-refractivity contribution in [1.82, 2.24) is 31.1 Å². The predicted octanol–water partition coefficient (Wildman–Crippen LogP) is 11.7. The number of rotatable bonds is 6. The molecule has 18 unspecified atom stereocenters. The second kappa shape index (κ2) is 20.1. The van der Waals surface area contributed by atoms with Gasteiger partial charge in [0.25, 0.3) is 0 Å². The molecule has 0 bridgehead atoms. The highest BCUT2D eigenvalue weighted by Crippen LogP contribution is 2.63. The van der Waals surface area contributed by atoms with Gasteiger partial charge in [-0.2, -0.15) is 0 Å². The molecule has 384 valence electrons. The van der Waals surface area contributed by atoms with Gasteiger partial charge in [-0.05, 0) is 262 Å². The minimum Gasteiger partial charge on any atom is -0.315 e. The molecular formula is C62H106N6. The van der Waals surface area contributed by atoms with Crippen LogP contribution in [-0.4, -0.2) is 96.4 Å². The lowest BCUT2D eigenvalue weighted by Gasteiger charge is -2.53. The summed E-state index contributed by atoms with van der Waals surface area (Å²) in [6, 6.07) is 8.37. The third-order valence-corrected chi connectivity index (χ3v) is 25.8. The van der Waals surface area contributed by atoms with Crippen LogP contribution in [0.1, 0.15) is 207 Å². The van der Waals surface area contributed by atoms with E-state index in [1.165, 1.54) is 193 Å². The molecule has 13 rings (SSSR count). The van der Waals surface area contributed by atoms with Gasteiger partial charge in [0.2, 0.25) is 0 Å². The zero-order valence-electron chi connectivity index (χ0n) is 44.5. The van der Waals surface area contributed by atoms with E-state index in [-0.39, 0.29) is 0 Å². The van der Waals surface area contributed by atoms with Crippen molar-refractivity contribution in [3.8, 4) is 0 Å². The van der Waals surface area contributed by atoms with Crippen LogP contribution >= 0.6 is 0 Å². The molecule has 13 fully saturated rings. The third kappa shape index (κ3) is 8.63. The molecule has 0 spiro atoms. The SMILES string of the molecule is CC1CC(C2CCC(C3CCC4CCNCC4N3)CC2)CC(C)C1N1C2CCCCC2C2C3C4CCCCC4N(C4C(C)CC(C5CCC(C6CCC7CCNCC7N6)CC5)CC4C)C3CCC21.